The van der Waals surface area contributed by atoms with E-state index in [2.05, 4.69) is 21.2 Å². The van der Waals surface area contributed by atoms with Crippen molar-refractivity contribution in [3.8, 4) is 22.8 Å². The molecule has 2 N–H and O–H groups in total. The van der Waals surface area contributed by atoms with Crippen LogP contribution >= 0.6 is 0 Å². The lowest BCUT2D eigenvalue weighted by Gasteiger charge is -2.09. The molecule has 0 spiro atoms. The van der Waals surface area contributed by atoms with Gasteiger partial charge in [0.2, 0.25) is 34.1 Å². The number of hydrogen-bond donors (Lipinski definition) is 2. The fraction of sp³-hybridized carbons (Fsp3) is 0. The topological polar surface area (TPSA) is 163 Å². The van der Waals surface area contributed by atoms with Crippen molar-refractivity contribution < 1.29 is 38.2 Å². The summed E-state index contributed by atoms with van der Waals surface area (Å²) in [5, 5.41) is 32.8. The molecule has 0 aliphatic carbocycles. The first-order chi connectivity index (χ1) is 14.5. The minimum absolute atomic E-state index is 0.0197. The van der Waals surface area contributed by atoms with Crippen molar-refractivity contribution in [3.63, 3.8) is 0 Å². The number of benzene rings is 2. The van der Waals surface area contributed by atoms with Crippen LogP contribution in [0, 0.1) is 0 Å². The highest BCUT2D eigenvalue weighted by atomic mass is 16.5. The molecular formula is C18H12N6O6. The Labute approximate surface area is 167 Å². The molecule has 12 nitrogen and oxygen atoms in total. The van der Waals surface area contributed by atoms with Gasteiger partial charge >= 0.3 is 11.4 Å². The van der Waals surface area contributed by atoms with E-state index in [4.69, 9.17) is 19.3 Å². The zero-order valence-electron chi connectivity index (χ0n) is 15.0. The van der Waals surface area contributed by atoms with Crippen LogP contribution in [0.5, 0.6) is 0 Å². The molecule has 0 radical (unpaired) electrons. The Hall–Kier alpha value is -4.74. The monoisotopic (exact) mass is 408 g/mol. The smallest absolute Gasteiger partial charge is 0.341 e. The molecule has 0 saturated carbocycles. The first-order valence-corrected chi connectivity index (χ1v) is 8.39. The summed E-state index contributed by atoms with van der Waals surface area (Å²) in [4.78, 5) is 22.5. The SMILES string of the molecule is O=C(O)[N-]c1on[n+](-c2ccccc2)c1-c1c([N-]C(=O)O)on[n+]1-c1ccccc1. The van der Waals surface area contributed by atoms with Crippen molar-refractivity contribution in [1.29, 1.82) is 0 Å². The number of para-hydroxylation sites is 2. The largest absolute Gasteiger partial charge is 0.552 e. The molecule has 0 bridgehead atoms. The first-order valence-electron chi connectivity index (χ1n) is 8.39. The molecule has 4 aromatic rings. The van der Waals surface area contributed by atoms with Gasteiger partial charge in [-0.15, -0.1) is 0 Å². The average Bonchev–Trinajstić information content (AvgIpc) is 3.32. The third kappa shape index (κ3) is 3.52. The second-order valence-electron chi connectivity index (χ2n) is 5.74. The molecule has 0 aliphatic rings. The molecular weight excluding hydrogens is 396 g/mol. The standard InChI is InChI=1S/C18H12N6O6/c25-17(26)19-15-13(23(21-29-15)11-7-3-1-4-8-11)14-16(20-18(27)28)30-22-24(14)12-9-5-2-6-10-12/h1-10H,(H2,25,26,27,28). The van der Waals surface area contributed by atoms with Crippen molar-refractivity contribution in [3.05, 3.63) is 71.3 Å². The van der Waals surface area contributed by atoms with Crippen molar-refractivity contribution in [2.45, 2.75) is 0 Å². The average molecular weight is 408 g/mol. The number of rotatable bonds is 5. The molecule has 0 unspecified atom stereocenters. The van der Waals surface area contributed by atoms with Crippen molar-refractivity contribution in [2.24, 2.45) is 0 Å². The van der Waals surface area contributed by atoms with Gasteiger partial charge < -0.3 is 29.9 Å². The number of nitrogens with zero attached hydrogens (tertiary/aromatic N) is 6. The third-order valence-electron chi connectivity index (χ3n) is 3.87. The van der Waals surface area contributed by atoms with Crippen LogP contribution in [0.25, 0.3) is 33.4 Å². The summed E-state index contributed by atoms with van der Waals surface area (Å²) < 4.78 is 12.7. The van der Waals surface area contributed by atoms with Crippen molar-refractivity contribution in [1.82, 2.24) is 10.5 Å². The van der Waals surface area contributed by atoms with Gasteiger partial charge in [-0.3, -0.25) is 9.59 Å². The maximum absolute atomic E-state index is 11.2. The van der Waals surface area contributed by atoms with Crippen molar-refractivity contribution >= 4 is 24.0 Å². The Morgan fingerprint density at radius 2 is 1.07 bits per heavy atom. The van der Waals surface area contributed by atoms with Gasteiger partial charge in [-0.2, -0.15) is 0 Å². The van der Waals surface area contributed by atoms with Gasteiger partial charge in [-0.05, 0) is 9.36 Å². The summed E-state index contributed by atoms with van der Waals surface area (Å²) in [7, 11) is 0. The first kappa shape index (κ1) is 18.6. The molecule has 0 saturated heterocycles. The van der Waals surface area contributed by atoms with E-state index >= 15 is 0 Å². The predicted octanol–water partition coefficient (Wildman–Crippen LogP) is 3.25. The van der Waals surface area contributed by atoms with Crippen LogP contribution in [0.4, 0.5) is 21.4 Å². The van der Waals surface area contributed by atoms with E-state index in [9.17, 15) is 9.59 Å². The summed E-state index contributed by atoms with van der Waals surface area (Å²) in [5.41, 5.74) is 0.942. The summed E-state index contributed by atoms with van der Waals surface area (Å²) in [6.07, 6.45) is -3.07. The molecule has 0 aliphatic heterocycles. The normalized spacial score (nSPS) is 10.5. The summed E-state index contributed by atoms with van der Waals surface area (Å²) in [5.74, 6) is -0.804. The van der Waals surface area contributed by atoms with E-state index in [0.717, 1.165) is 0 Å². The van der Waals surface area contributed by atoms with Crippen molar-refractivity contribution in [2.75, 3.05) is 0 Å². The predicted molar refractivity (Wildman–Crippen MR) is 97.2 cm³/mol. The highest BCUT2D eigenvalue weighted by Crippen LogP contribution is 2.36. The Bertz CT molecular complexity index is 1110. The maximum Gasteiger partial charge on any atom is 0.341 e. The lowest BCUT2D eigenvalue weighted by atomic mass is 10.2. The molecule has 150 valence electrons. The van der Waals surface area contributed by atoms with Crippen LogP contribution in [0.3, 0.4) is 0 Å². The molecule has 4 rings (SSSR count). The Morgan fingerprint density at radius 1 is 0.700 bits per heavy atom. The highest BCUT2D eigenvalue weighted by molar-refractivity contribution is 5.95. The zero-order chi connectivity index (χ0) is 21.1. The van der Waals surface area contributed by atoms with Crippen LogP contribution in [0.1, 0.15) is 0 Å². The van der Waals surface area contributed by atoms with E-state index in [1.807, 2.05) is 0 Å². The molecule has 30 heavy (non-hydrogen) atoms. The molecule has 2 amide bonds. The van der Waals surface area contributed by atoms with Gasteiger partial charge in [-0.25, -0.2) is 0 Å². The van der Waals surface area contributed by atoms with E-state index in [1.165, 1.54) is 9.36 Å². The molecule has 2 aromatic carbocycles. The van der Waals surface area contributed by atoms with E-state index < -0.39 is 24.0 Å². The summed E-state index contributed by atoms with van der Waals surface area (Å²) in [6.45, 7) is 0. The van der Waals surface area contributed by atoms with E-state index in [-0.39, 0.29) is 11.4 Å². The minimum atomic E-state index is -1.54. The van der Waals surface area contributed by atoms with Crippen LogP contribution < -0.4 is 9.36 Å². The summed E-state index contributed by atoms with van der Waals surface area (Å²) in [6, 6.07) is 17.2. The zero-order valence-corrected chi connectivity index (χ0v) is 15.0. The number of hydrogen-bond acceptors (Lipinski definition) is 6. The van der Waals surface area contributed by atoms with Gasteiger partial charge in [0.05, 0.1) is 0 Å². The number of amides is 2. The van der Waals surface area contributed by atoms with Gasteiger partial charge in [0, 0.05) is 24.3 Å². The molecule has 2 aromatic heterocycles. The van der Waals surface area contributed by atoms with Crippen LogP contribution in [0.15, 0.2) is 69.7 Å². The van der Waals surface area contributed by atoms with Gasteiger partial charge in [0.1, 0.15) is 0 Å². The van der Waals surface area contributed by atoms with Gasteiger partial charge in [-0.1, -0.05) is 36.4 Å². The molecule has 0 fully saturated rings. The van der Waals surface area contributed by atoms with E-state index in [1.54, 1.807) is 60.7 Å². The Morgan fingerprint density at radius 3 is 1.40 bits per heavy atom. The second kappa shape index (κ2) is 7.71. The van der Waals surface area contributed by atoms with Crippen LogP contribution in [-0.2, 0) is 0 Å². The number of carbonyl (C=O) groups is 2. The lowest BCUT2D eigenvalue weighted by Crippen LogP contribution is -2.41. The fourth-order valence-electron chi connectivity index (χ4n) is 2.72. The summed E-state index contributed by atoms with van der Waals surface area (Å²) >= 11 is 0. The third-order valence-corrected chi connectivity index (χ3v) is 3.87. The lowest BCUT2D eigenvalue weighted by molar-refractivity contribution is -0.687. The van der Waals surface area contributed by atoms with Crippen LogP contribution in [0.2, 0.25) is 0 Å². The van der Waals surface area contributed by atoms with Gasteiger partial charge in [0.25, 0.3) is 0 Å². The molecule has 12 heteroatoms. The Kier molecular flexibility index (Phi) is 4.78. The second-order valence-corrected chi connectivity index (χ2v) is 5.74. The highest BCUT2D eigenvalue weighted by Gasteiger charge is 2.38. The molecule has 0 atom stereocenters. The maximum atomic E-state index is 11.2. The minimum Gasteiger partial charge on any atom is -0.552 e. The number of aromatic nitrogens is 4. The quantitative estimate of drug-likeness (QED) is 0.475. The number of carboxylic acid groups (broad SMARTS) is 2. The Balaban J connectivity index is 2.01. The van der Waals surface area contributed by atoms with Crippen LogP contribution in [-0.4, -0.2) is 32.9 Å². The fourth-order valence-corrected chi connectivity index (χ4v) is 2.72. The van der Waals surface area contributed by atoms with E-state index in [0.29, 0.717) is 11.4 Å². The van der Waals surface area contributed by atoms with Gasteiger partial charge in [0.15, 0.2) is 11.8 Å². The molecule has 2 heterocycles.